The van der Waals surface area contributed by atoms with E-state index in [0.29, 0.717) is 6.04 Å². The number of hydrogen-bond acceptors (Lipinski definition) is 2. The van der Waals surface area contributed by atoms with E-state index in [-0.39, 0.29) is 0 Å². The van der Waals surface area contributed by atoms with Crippen LogP contribution in [0, 0.1) is 0 Å². The Bertz CT molecular complexity index is 315. The maximum atomic E-state index is 5.79. The second kappa shape index (κ2) is 7.00. The molecule has 0 saturated carbocycles. The fourth-order valence-electron chi connectivity index (χ4n) is 2.45. The highest BCUT2D eigenvalue weighted by molar-refractivity contribution is 6.17. The molecule has 0 bridgehead atoms. The first-order valence-corrected chi connectivity index (χ1v) is 6.98. The van der Waals surface area contributed by atoms with Gasteiger partial charge in [0.05, 0.1) is 0 Å². The molecule has 1 aromatic rings. The molecular formula is C14H21ClN2. The van der Waals surface area contributed by atoms with Gasteiger partial charge in [-0.3, -0.25) is 4.90 Å². The van der Waals surface area contributed by atoms with Crippen LogP contribution in [0.4, 0.5) is 0 Å². The molecule has 1 heterocycles. The standard InChI is InChI=1S/C14H21ClN2/c15-7-4-9-17-10-8-16-12-14(17)11-13-5-2-1-3-6-13/h1-3,5-6,14,16H,4,7-12H2. The monoisotopic (exact) mass is 252 g/mol. The SMILES string of the molecule is ClCCCN1CCNCC1Cc1ccccc1. The number of nitrogens with one attached hydrogen (secondary N) is 1. The molecule has 0 aromatic heterocycles. The summed E-state index contributed by atoms with van der Waals surface area (Å²) in [5, 5.41) is 3.49. The van der Waals surface area contributed by atoms with Crippen molar-refractivity contribution >= 4 is 11.6 Å². The minimum absolute atomic E-state index is 0.620. The van der Waals surface area contributed by atoms with Gasteiger partial charge in [0, 0.05) is 31.6 Å². The van der Waals surface area contributed by atoms with E-state index < -0.39 is 0 Å². The average molecular weight is 253 g/mol. The number of halogens is 1. The molecule has 0 spiro atoms. The summed E-state index contributed by atoms with van der Waals surface area (Å²) in [6, 6.07) is 11.4. The van der Waals surface area contributed by atoms with E-state index in [1.54, 1.807) is 0 Å². The molecule has 1 unspecified atom stereocenters. The quantitative estimate of drug-likeness (QED) is 0.808. The highest BCUT2D eigenvalue weighted by atomic mass is 35.5. The molecule has 94 valence electrons. The van der Waals surface area contributed by atoms with Crippen LogP contribution in [0.25, 0.3) is 0 Å². The molecular weight excluding hydrogens is 232 g/mol. The summed E-state index contributed by atoms with van der Waals surface area (Å²) in [5.41, 5.74) is 1.43. The minimum Gasteiger partial charge on any atom is -0.314 e. The van der Waals surface area contributed by atoms with Crippen LogP contribution in [0.3, 0.4) is 0 Å². The highest BCUT2D eigenvalue weighted by Gasteiger charge is 2.21. The Hall–Kier alpha value is -0.570. The van der Waals surface area contributed by atoms with Crippen LogP contribution in [0.2, 0.25) is 0 Å². The van der Waals surface area contributed by atoms with Gasteiger partial charge in [-0.1, -0.05) is 30.3 Å². The van der Waals surface area contributed by atoms with E-state index in [0.717, 1.165) is 44.9 Å². The molecule has 1 saturated heterocycles. The number of benzene rings is 1. The van der Waals surface area contributed by atoms with E-state index >= 15 is 0 Å². The second-order valence-corrected chi connectivity index (χ2v) is 5.00. The Labute approximate surface area is 109 Å². The van der Waals surface area contributed by atoms with Crippen molar-refractivity contribution in [1.29, 1.82) is 0 Å². The number of alkyl halides is 1. The Morgan fingerprint density at radius 2 is 2.12 bits per heavy atom. The van der Waals surface area contributed by atoms with E-state index in [1.807, 2.05) is 0 Å². The van der Waals surface area contributed by atoms with Crippen molar-refractivity contribution in [2.75, 3.05) is 32.1 Å². The molecule has 1 atom stereocenters. The molecule has 17 heavy (non-hydrogen) atoms. The zero-order chi connectivity index (χ0) is 11.9. The Morgan fingerprint density at radius 1 is 1.29 bits per heavy atom. The maximum Gasteiger partial charge on any atom is 0.0261 e. The van der Waals surface area contributed by atoms with Gasteiger partial charge in [0.15, 0.2) is 0 Å². The first-order chi connectivity index (χ1) is 8.40. The Morgan fingerprint density at radius 3 is 2.88 bits per heavy atom. The fraction of sp³-hybridized carbons (Fsp3) is 0.571. The molecule has 1 aliphatic heterocycles. The van der Waals surface area contributed by atoms with Gasteiger partial charge in [-0.15, -0.1) is 11.6 Å². The molecule has 0 amide bonds. The maximum absolute atomic E-state index is 5.79. The van der Waals surface area contributed by atoms with Crippen molar-refractivity contribution in [3.8, 4) is 0 Å². The first-order valence-electron chi connectivity index (χ1n) is 6.45. The van der Waals surface area contributed by atoms with Crippen molar-refractivity contribution in [3.63, 3.8) is 0 Å². The normalized spacial score (nSPS) is 21.6. The highest BCUT2D eigenvalue weighted by Crippen LogP contribution is 2.11. The van der Waals surface area contributed by atoms with Gasteiger partial charge >= 0.3 is 0 Å². The number of hydrogen-bond donors (Lipinski definition) is 1. The van der Waals surface area contributed by atoms with Crippen LogP contribution in [-0.4, -0.2) is 43.0 Å². The topological polar surface area (TPSA) is 15.3 Å². The molecule has 0 radical (unpaired) electrons. The van der Waals surface area contributed by atoms with Crippen molar-refractivity contribution in [1.82, 2.24) is 10.2 Å². The lowest BCUT2D eigenvalue weighted by atomic mass is 10.0. The third-order valence-electron chi connectivity index (χ3n) is 3.37. The second-order valence-electron chi connectivity index (χ2n) is 4.63. The number of piperazine rings is 1. The van der Waals surface area contributed by atoms with Gasteiger partial charge in [-0.05, 0) is 24.9 Å². The Kier molecular flexibility index (Phi) is 5.30. The average Bonchev–Trinajstić information content (AvgIpc) is 2.39. The predicted molar refractivity (Wildman–Crippen MR) is 73.7 cm³/mol. The number of nitrogens with zero attached hydrogens (tertiary/aromatic N) is 1. The summed E-state index contributed by atoms with van der Waals surface area (Å²) < 4.78 is 0. The molecule has 2 rings (SSSR count). The van der Waals surface area contributed by atoms with Crippen molar-refractivity contribution in [2.24, 2.45) is 0 Å². The van der Waals surface area contributed by atoms with Crippen LogP contribution in [-0.2, 0) is 6.42 Å². The molecule has 1 N–H and O–H groups in total. The van der Waals surface area contributed by atoms with Gasteiger partial charge in [0.1, 0.15) is 0 Å². The minimum atomic E-state index is 0.620. The Balaban J connectivity index is 1.92. The molecule has 3 heteroatoms. The van der Waals surface area contributed by atoms with Crippen LogP contribution in [0.1, 0.15) is 12.0 Å². The molecule has 1 fully saturated rings. The third-order valence-corrected chi connectivity index (χ3v) is 3.63. The third kappa shape index (κ3) is 3.98. The van der Waals surface area contributed by atoms with E-state index in [9.17, 15) is 0 Å². The number of rotatable bonds is 5. The summed E-state index contributed by atoms with van der Waals surface area (Å²) in [4.78, 5) is 2.58. The van der Waals surface area contributed by atoms with E-state index in [1.165, 1.54) is 5.56 Å². The smallest absolute Gasteiger partial charge is 0.0261 e. The molecule has 1 aromatic carbocycles. The molecule has 1 aliphatic rings. The van der Waals surface area contributed by atoms with Crippen molar-refractivity contribution in [2.45, 2.75) is 18.9 Å². The largest absolute Gasteiger partial charge is 0.314 e. The van der Waals surface area contributed by atoms with Gasteiger partial charge in [-0.2, -0.15) is 0 Å². The summed E-state index contributed by atoms with van der Waals surface area (Å²) in [6.07, 6.45) is 2.23. The summed E-state index contributed by atoms with van der Waals surface area (Å²) in [7, 11) is 0. The molecule has 2 nitrogen and oxygen atoms in total. The summed E-state index contributed by atoms with van der Waals surface area (Å²) in [5.74, 6) is 0.766. The lowest BCUT2D eigenvalue weighted by Gasteiger charge is -2.36. The lowest BCUT2D eigenvalue weighted by molar-refractivity contribution is 0.161. The zero-order valence-electron chi connectivity index (χ0n) is 10.2. The summed E-state index contributed by atoms with van der Waals surface area (Å²) in [6.45, 7) is 4.47. The van der Waals surface area contributed by atoms with E-state index in [4.69, 9.17) is 11.6 Å². The van der Waals surface area contributed by atoms with Gasteiger partial charge in [0.25, 0.3) is 0 Å². The van der Waals surface area contributed by atoms with Crippen molar-refractivity contribution in [3.05, 3.63) is 35.9 Å². The summed E-state index contributed by atoms with van der Waals surface area (Å²) >= 11 is 5.79. The van der Waals surface area contributed by atoms with E-state index in [2.05, 4.69) is 40.5 Å². The van der Waals surface area contributed by atoms with Gasteiger partial charge in [0.2, 0.25) is 0 Å². The van der Waals surface area contributed by atoms with Crippen LogP contribution >= 0.6 is 11.6 Å². The fourth-order valence-corrected chi connectivity index (χ4v) is 2.57. The zero-order valence-corrected chi connectivity index (χ0v) is 11.0. The van der Waals surface area contributed by atoms with Gasteiger partial charge < -0.3 is 5.32 Å². The van der Waals surface area contributed by atoms with Crippen molar-refractivity contribution < 1.29 is 0 Å². The van der Waals surface area contributed by atoms with Crippen LogP contribution in [0.15, 0.2) is 30.3 Å². The predicted octanol–water partition coefficient (Wildman–Crippen LogP) is 2.13. The lowest BCUT2D eigenvalue weighted by Crippen LogP contribution is -2.52. The van der Waals surface area contributed by atoms with Crippen LogP contribution in [0.5, 0.6) is 0 Å². The first kappa shape index (κ1) is 12.9. The van der Waals surface area contributed by atoms with Crippen LogP contribution < -0.4 is 5.32 Å². The molecule has 0 aliphatic carbocycles. The van der Waals surface area contributed by atoms with Gasteiger partial charge in [-0.25, -0.2) is 0 Å².